The second kappa shape index (κ2) is 8.01. The molecular formula is C18H25BrN3O3+. The highest BCUT2D eigenvalue weighted by molar-refractivity contribution is 9.10. The van der Waals surface area contributed by atoms with Crippen molar-refractivity contribution in [1.82, 2.24) is 5.16 Å². The predicted octanol–water partition coefficient (Wildman–Crippen LogP) is 2.40. The Kier molecular flexibility index (Phi) is 6.24. The van der Waals surface area contributed by atoms with Gasteiger partial charge < -0.3 is 14.2 Å². The van der Waals surface area contributed by atoms with E-state index in [1.165, 1.54) is 0 Å². The molecule has 2 N–H and O–H groups in total. The Hall–Kier alpha value is -1.86. The lowest BCUT2D eigenvalue weighted by atomic mass is 9.92. The normalized spacial score (nSPS) is 12.7. The van der Waals surface area contributed by atoms with E-state index in [0.29, 0.717) is 19.0 Å². The van der Waals surface area contributed by atoms with Crippen molar-refractivity contribution >= 4 is 27.7 Å². The number of anilines is 1. The van der Waals surface area contributed by atoms with Gasteiger partial charge in [0.25, 0.3) is 5.91 Å². The highest BCUT2D eigenvalue weighted by atomic mass is 79.9. The quantitative estimate of drug-likeness (QED) is 0.766. The highest BCUT2D eigenvalue weighted by Crippen LogP contribution is 2.24. The monoisotopic (exact) mass is 410 g/mol. The number of quaternary nitrogens is 1. The molecule has 1 aromatic carbocycles. The van der Waals surface area contributed by atoms with E-state index in [4.69, 9.17) is 9.26 Å². The third kappa shape index (κ3) is 5.57. The van der Waals surface area contributed by atoms with Crippen molar-refractivity contribution in [3.05, 3.63) is 40.0 Å². The van der Waals surface area contributed by atoms with Crippen LogP contribution in [0.5, 0.6) is 5.75 Å². The Bertz CT molecular complexity index is 737. The third-order valence-electron chi connectivity index (χ3n) is 3.74. The number of carbonyl (C=O) groups excluding carboxylic acids is 1. The summed E-state index contributed by atoms with van der Waals surface area (Å²) in [6.45, 7) is 7.10. The van der Waals surface area contributed by atoms with Gasteiger partial charge in [-0.3, -0.25) is 10.1 Å². The minimum atomic E-state index is -0.122. The summed E-state index contributed by atoms with van der Waals surface area (Å²) in [6.07, 6.45) is 0. The molecule has 0 fully saturated rings. The van der Waals surface area contributed by atoms with Crippen molar-refractivity contribution in [2.45, 2.75) is 32.7 Å². The maximum Gasteiger partial charge on any atom is 0.281 e. The van der Waals surface area contributed by atoms with E-state index in [-0.39, 0.29) is 11.3 Å². The molecule has 0 spiro atoms. The van der Waals surface area contributed by atoms with E-state index in [1.54, 1.807) is 13.2 Å². The summed E-state index contributed by atoms with van der Waals surface area (Å²) in [7, 11) is 3.60. The lowest BCUT2D eigenvalue weighted by Crippen LogP contribution is -3.08. The number of rotatable bonds is 6. The molecule has 6 nitrogen and oxygen atoms in total. The van der Waals surface area contributed by atoms with Gasteiger partial charge >= 0.3 is 0 Å². The van der Waals surface area contributed by atoms with Crippen LogP contribution in [-0.2, 0) is 16.8 Å². The van der Waals surface area contributed by atoms with Crippen LogP contribution in [0.4, 0.5) is 5.88 Å². The van der Waals surface area contributed by atoms with Crippen LogP contribution in [0.1, 0.15) is 32.0 Å². The van der Waals surface area contributed by atoms with Gasteiger partial charge in [-0.1, -0.05) is 41.9 Å². The van der Waals surface area contributed by atoms with Crippen LogP contribution in [0.15, 0.2) is 33.3 Å². The Morgan fingerprint density at radius 3 is 2.68 bits per heavy atom. The molecule has 0 aliphatic rings. The first-order valence-electron chi connectivity index (χ1n) is 8.10. The molecule has 2 aromatic rings. The van der Waals surface area contributed by atoms with Crippen molar-refractivity contribution in [3.63, 3.8) is 0 Å². The molecule has 0 aliphatic heterocycles. The number of halogens is 1. The number of aromatic nitrogens is 1. The van der Waals surface area contributed by atoms with Crippen LogP contribution in [0, 0.1) is 0 Å². The molecular weight excluding hydrogens is 386 g/mol. The summed E-state index contributed by atoms with van der Waals surface area (Å²) in [5.41, 5.74) is 1.73. The van der Waals surface area contributed by atoms with Gasteiger partial charge in [-0.25, -0.2) is 0 Å². The lowest BCUT2D eigenvalue weighted by Gasteiger charge is -2.15. The van der Waals surface area contributed by atoms with Gasteiger partial charge in [0.05, 0.1) is 19.9 Å². The number of nitrogens with zero attached hydrogens (tertiary/aromatic N) is 1. The van der Waals surface area contributed by atoms with Gasteiger partial charge in [0, 0.05) is 21.5 Å². The van der Waals surface area contributed by atoms with Crippen molar-refractivity contribution < 1.29 is 19.0 Å². The fraction of sp³-hybridized carbons (Fsp3) is 0.444. The van der Waals surface area contributed by atoms with Gasteiger partial charge in [0.15, 0.2) is 6.54 Å². The average Bonchev–Trinajstić information content (AvgIpc) is 2.95. The number of hydrogen-bond donors (Lipinski definition) is 2. The van der Waals surface area contributed by atoms with Gasteiger partial charge in [0.1, 0.15) is 12.3 Å². The first-order valence-corrected chi connectivity index (χ1v) is 8.89. The fourth-order valence-electron chi connectivity index (χ4n) is 2.42. The van der Waals surface area contributed by atoms with Crippen molar-refractivity contribution in [3.8, 4) is 5.75 Å². The van der Waals surface area contributed by atoms with E-state index >= 15 is 0 Å². The lowest BCUT2D eigenvalue weighted by molar-refractivity contribution is -0.885. The smallest absolute Gasteiger partial charge is 0.281 e. The topological polar surface area (TPSA) is 68.8 Å². The van der Waals surface area contributed by atoms with E-state index in [2.05, 4.69) is 26.4 Å². The largest absolute Gasteiger partial charge is 0.496 e. The Labute approximate surface area is 156 Å². The minimum absolute atomic E-state index is 0.119. The second-order valence-electron chi connectivity index (χ2n) is 7.14. The first-order chi connectivity index (χ1) is 11.7. The third-order valence-corrected chi connectivity index (χ3v) is 4.23. The Balaban J connectivity index is 1.94. The van der Waals surface area contributed by atoms with E-state index in [0.717, 1.165) is 26.4 Å². The number of methoxy groups -OCH3 is 1. The minimum Gasteiger partial charge on any atom is -0.496 e. The molecule has 25 heavy (non-hydrogen) atoms. The zero-order valence-corrected chi connectivity index (χ0v) is 16.9. The molecule has 0 radical (unpaired) electrons. The summed E-state index contributed by atoms with van der Waals surface area (Å²) in [6, 6.07) is 7.62. The van der Waals surface area contributed by atoms with E-state index in [1.807, 2.05) is 46.0 Å². The summed E-state index contributed by atoms with van der Waals surface area (Å²) < 4.78 is 11.6. The molecule has 0 aliphatic carbocycles. The summed E-state index contributed by atoms with van der Waals surface area (Å²) >= 11 is 3.47. The predicted molar refractivity (Wildman–Crippen MR) is 100.0 cm³/mol. The fourth-order valence-corrected chi connectivity index (χ4v) is 2.82. The molecule has 1 heterocycles. The number of ether oxygens (including phenoxy) is 1. The average molecular weight is 411 g/mol. The SMILES string of the molecule is COc1ccc(Br)cc1C[NH+](C)CC(=O)Nc1cc(C(C)(C)C)no1. The molecule has 7 heteroatoms. The van der Waals surface area contributed by atoms with Crippen LogP contribution in [0.25, 0.3) is 0 Å². The molecule has 0 saturated carbocycles. The zero-order valence-electron chi connectivity index (χ0n) is 15.3. The summed E-state index contributed by atoms with van der Waals surface area (Å²) in [5.74, 6) is 1.07. The number of likely N-dealkylation sites (N-methyl/N-ethyl adjacent to an activating group) is 1. The maximum absolute atomic E-state index is 12.2. The van der Waals surface area contributed by atoms with E-state index in [9.17, 15) is 4.79 Å². The molecule has 1 unspecified atom stereocenters. The van der Waals surface area contributed by atoms with Crippen LogP contribution in [0.3, 0.4) is 0 Å². The van der Waals surface area contributed by atoms with Crippen LogP contribution in [0.2, 0.25) is 0 Å². The standard InChI is InChI=1S/C18H24BrN3O3/c1-18(2,3)15-9-17(25-21-15)20-16(23)11-22(4)10-12-8-13(19)6-7-14(12)24-5/h6-9H,10-11H2,1-5H3,(H,20,23)/p+1. The van der Waals surface area contributed by atoms with Crippen LogP contribution >= 0.6 is 15.9 Å². The Morgan fingerprint density at radius 1 is 1.36 bits per heavy atom. The number of amides is 1. The van der Waals surface area contributed by atoms with Crippen molar-refractivity contribution in [2.24, 2.45) is 0 Å². The molecule has 1 atom stereocenters. The van der Waals surface area contributed by atoms with Gasteiger partial charge in [-0.2, -0.15) is 0 Å². The van der Waals surface area contributed by atoms with Gasteiger partial charge in [0.2, 0.25) is 5.88 Å². The van der Waals surface area contributed by atoms with Gasteiger partial charge in [-0.05, 0) is 18.2 Å². The number of benzene rings is 1. The highest BCUT2D eigenvalue weighted by Gasteiger charge is 2.20. The second-order valence-corrected chi connectivity index (χ2v) is 8.06. The van der Waals surface area contributed by atoms with Crippen LogP contribution < -0.4 is 15.0 Å². The molecule has 136 valence electrons. The van der Waals surface area contributed by atoms with Crippen LogP contribution in [-0.4, -0.2) is 31.8 Å². The number of nitrogens with one attached hydrogen (secondary N) is 2. The maximum atomic E-state index is 12.2. The molecule has 2 rings (SSSR count). The molecule has 1 amide bonds. The zero-order chi connectivity index (χ0) is 18.6. The molecule has 1 aromatic heterocycles. The molecule has 0 bridgehead atoms. The number of carbonyl (C=O) groups is 1. The van der Waals surface area contributed by atoms with Gasteiger partial charge in [-0.15, -0.1) is 0 Å². The van der Waals surface area contributed by atoms with E-state index < -0.39 is 0 Å². The summed E-state index contributed by atoms with van der Waals surface area (Å²) in [5, 5.41) is 6.76. The van der Waals surface area contributed by atoms with Crippen molar-refractivity contribution in [2.75, 3.05) is 26.0 Å². The molecule has 0 saturated heterocycles. The Morgan fingerprint density at radius 2 is 2.08 bits per heavy atom. The summed E-state index contributed by atoms with van der Waals surface area (Å²) in [4.78, 5) is 13.3. The first kappa shape index (κ1) is 19.5. The van der Waals surface area contributed by atoms with Crippen molar-refractivity contribution in [1.29, 1.82) is 0 Å². The number of hydrogen-bond acceptors (Lipinski definition) is 4.